The van der Waals surface area contributed by atoms with E-state index in [1.807, 2.05) is 0 Å². The van der Waals surface area contributed by atoms with Crippen LogP contribution < -0.4 is 5.32 Å². The Morgan fingerprint density at radius 1 is 0.359 bits per heavy atom. The summed E-state index contributed by atoms with van der Waals surface area (Å²) in [5.41, 5.74) is 0.654. The van der Waals surface area contributed by atoms with Crippen molar-refractivity contribution in [2.75, 3.05) is 132 Å². The molecule has 1 fully saturated rings. The molecule has 462 valence electrons. The maximum atomic E-state index is 13.7. The van der Waals surface area contributed by atoms with Crippen molar-refractivity contribution in [2.45, 2.75) is 254 Å². The van der Waals surface area contributed by atoms with Crippen molar-refractivity contribution in [2.24, 2.45) is 5.92 Å². The molecule has 1 heterocycles. The number of Topliss-reactive ketones (excluding diaryl/α,β-unsaturated/α-hetero) is 1. The van der Waals surface area contributed by atoms with Gasteiger partial charge in [0.2, 0.25) is 11.8 Å². The van der Waals surface area contributed by atoms with E-state index in [0.29, 0.717) is 105 Å². The molecule has 0 radical (unpaired) electrons. The maximum Gasteiger partial charge on any atom is 0.225 e. The van der Waals surface area contributed by atoms with Crippen LogP contribution in [0.15, 0.2) is 0 Å². The van der Waals surface area contributed by atoms with Crippen molar-refractivity contribution in [3.05, 3.63) is 0 Å². The third kappa shape index (κ3) is 35.3. The van der Waals surface area contributed by atoms with Crippen LogP contribution in [-0.4, -0.2) is 207 Å². The molecule has 1 aliphatic heterocycles. The van der Waals surface area contributed by atoms with Gasteiger partial charge in [-0.15, -0.1) is 0 Å². The van der Waals surface area contributed by atoms with Crippen LogP contribution in [0.5, 0.6) is 0 Å². The van der Waals surface area contributed by atoms with Crippen LogP contribution in [0.4, 0.5) is 0 Å². The first-order chi connectivity index (χ1) is 36.4. The van der Waals surface area contributed by atoms with E-state index >= 15 is 0 Å². The summed E-state index contributed by atoms with van der Waals surface area (Å²) < 4.78 is 35.1. The molecule has 0 saturated carbocycles. The minimum Gasteiger partial charge on any atom is -0.379 e. The maximum absolute atomic E-state index is 13.7. The Hall–Kier alpha value is -1.79. The van der Waals surface area contributed by atoms with Gasteiger partial charge in [0.1, 0.15) is 5.78 Å². The van der Waals surface area contributed by atoms with Gasteiger partial charge in [-0.25, -0.2) is 0 Å². The normalized spacial score (nSPS) is 15.4. The third-order valence-corrected chi connectivity index (χ3v) is 14.4. The van der Waals surface area contributed by atoms with Gasteiger partial charge in [0, 0.05) is 131 Å². The molecule has 2 amide bonds. The second kappa shape index (κ2) is 38.9. The lowest BCUT2D eigenvalue weighted by Crippen LogP contribution is -2.55. The number of hydrogen-bond donors (Lipinski definition) is 1. The highest BCUT2D eigenvalue weighted by molar-refractivity contribution is 5.85. The Balaban J connectivity index is 2.49. The van der Waals surface area contributed by atoms with Crippen molar-refractivity contribution in [3.8, 4) is 0 Å². The number of carbonyl (C=O) groups excluding carboxylic acids is 3. The Kier molecular flexibility index (Phi) is 37.0. The smallest absolute Gasteiger partial charge is 0.225 e. The molecule has 0 spiro atoms. The minimum absolute atomic E-state index is 0.0150. The first-order valence-corrected chi connectivity index (χ1v) is 31.0. The number of amides is 2. The number of nitrogens with one attached hydrogen (secondary N) is 1. The molecule has 0 aromatic rings. The number of ketones is 1. The average molecular weight is 1110 g/mol. The van der Waals surface area contributed by atoms with Crippen molar-refractivity contribution in [1.29, 1.82) is 0 Å². The fraction of sp³-hybridized carbons (Fsp3) is 0.952. The van der Waals surface area contributed by atoms with Crippen LogP contribution in [0, 0.1) is 5.92 Å². The third-order valence-electron chi connectivity index (χ3n) is 14.4. The van der Waals surface area contributed by atoms with Gasteiger partial charge in [-0.2, -0.15) is 0 Å². The number of nitrogens with zero attached hydrogens (tertiary/aromatic N) is 5. The molecular formula is C63H126N6O9. The summed E-state index contributed by atoms with van der Waals surface area (Å²) in [5, 5.41) is 3.39. The van der Waals surface area contributed by atoms with Gasteiger partial charge < -0.3 is 43.5 Å². The molecule has 1 N–H and O–H groups in total. The zero-order valence-electron chi connectivity index (χ0n) is 54.2. The highest BCUT2D eigenvalue weighted by Crippen LogP contribution is 2.27. The molecule has 1 saturated heterocycles. The lowest BCUT2D eigenvalue weighted by atomic mass is 9.95. The molecular weight excluding hydrogens is 985 g/mol. The Morgan fingerprint density at radius 3 is 1.00 bits per heavy atom. The van der Waals surface area contributed by atoms with E-state index in [0.717, 1.165) is 116 Å². The summed E-state index contributed by atoms with van der Waals surface area (Å²) in [6, 6.07) is 0. The second-order valence-corrected chi connectivity index (χ2v) is 27.9. The number of hydrogen-bond acceptors (Lipinski definition) is 13. The van der Waals surface area contributed by atoms with Crippen molar-refractivity contribution in [1.82, 2.24) is 29.8 Å². The quantitative estimate of drug-likeness (QED) is 0.0581. The van der Waals surface area contributed by atoms with Crippen molar-refractivity contribution < 1.29 is 42.8 Å². The van der Waals surface area contributed by atoms with Crippen molar-refractivity contribution >= 4 is 17.6 Å². The van der Waals surface area contributed by atoms with Gasteiger partial charge in [-0.05, 0) is 183 Å². The van der Waals surface area contributed by atoms with Crippen LogP contribution in [0.2, 0.25) is 0 Å². The highest BCUT2D eigenvalue weighted by atomic mass is 16.5. The molecule has 1 unspecified atom stereocenters. The average Bonchev–Trinajstić information content (AvgIpc) is 3.31. The number of rotatable bonds is 43. The summed E-state index contributed by atoms with van der Waals surface area (Å²) in [5.74, 6) is -0.253. The van der Waals surface area contributed by atoms with E-state index in [2.05, 4.69) is 145 Å². The monoisotopic (exact) mass is 1110 g/mol. The molecule has 0 aromatic heterocycles. The van der Waals surface area contributed by atoms with E-state index in [4.69, 9.17) is 28.4 Å². The SMILES string of the molecule is CC(C)(C)N(CCCOCCOCCCCCCC(=O)C1CN(C(=O)CCCCCCOCCOCCCN(C(C)(C)C)C(C)(C)C)CN(C(=O)CCNCCCOCCOCCCN(C(C)(C)C)C(C)(C)C)C1)C(C)(C)C. The summed E-state index contributed by atoms with van der Waals surface area (Å²) in [6.45, 7) is 53.7. The minimum atomic E-state index is -0.376. The summed E-state index contributed by atoms with van der Waals surface area (Å²) in [6.07, 6.45) is 12.2. The molecule has 0 aromatic carbocycles. The fourth-order valence-electron chi connectivity index (χ4n) is 11.3. The standard InChI is InChI=1S/C63H126N6O9/c1-58(2,3)67(59(4,5)6)36-28-42-76-48-45-73-39-25-21-19-23-31-55(70)54-51-65(56(71)32-24-20-22-26-40-74-46-49-77-43-29-37-68(60(7,8)9)61(10,11)12)53-66(52-54)57(72)33-35-64-34-27-41-75-47-50-78-44-30-38-69(62(13,14)15)63(16,17)18/h54,64H,19-53H2,1-18H3. The zero-order chi connectivity index (χ0) is 58.9. The van der Waals surface area contributed by atoms with E-state index in [9.17, 15) is 14.4 Å². The number of carbonyl (C=O) groups is 3. The summed E-state index contributed by atoms with van der Waals surface area (Å²) >= 11 is 0. The van der Waals surface area contributed by atoms with Gasteiger partial charge >= 0.3 is 0 Å². The van der Waals surface area contributed by atoms with Crippen LogP contribution in [0.25, 0.3) is 0 Å². The first kappa shape index (κ1) is 74.2. The Bertz CT molecular complexity index is 1330. The molecule has 1 atom stereocenters. The number of ether oxygens (including phenoxy) is 6. The van der Waals surface area contributed by atoms with Gasteiger partial charge in [0.25, 0.3) is 0 Å². The van der Waals surface area contributed by atoms with Crippen LogP contribution in [0.1, 0.15) is 221 Å². The first-order valence-electron chi connectivity index (χ1n) is 31.0. The molecule has 78 heavy (non-hydrogen) atoms. The van der Waals surface area contributed by atoms with E-state index < -0.39 is 0 Å². The zero-order valence-corrected chi connectivity index (χ0v) is 54.2. The molecule has 0 bridgehead atoms. The van der Waals surface area contributed by atoms with Crippen LogP contribution >= 0.6 is 0 Å². The van der Waals surface area contributed by atoms with Crippen molar-refractivity contribution in [3.63, 3.8) is 0 Å². The fourth-order valence-corrected chi connectivity index (χ4v) is 11.3. The highest BCUT2D eigenvalue weighted by Gasteiger charge is 2.35. The predicted molar refractivity (Wildman–Crippen MR) is 322 cm³/mol. The van der Waals surface area contributed by atoms with Gasteiger partial charge in [-0.3, -0.25) is 29.1 Å². The van der Waals surface area contributed by atoms with Gasteiger partial charge in [0.05, 0.1) is 52.2 Å². The molecule has 15 heteroatoms. The molecule has 1 aliphatic rings. The molecule has 0 aliphatic carbocycles. The van der Waals surface area contributed by atoms with E-state index in [1.165, 1.54) is 0 Å². The molecule has 1 rings (SSSR count). The lowest BCUT2D eigenvalue weighted by molar-refractivity contribution is -0.147. The van der Waals surface area contributed by atoms with E-state index in [1.54, 1.807) is 9.80 Å². The summed E-state index contributed by atoms with van der Waals surface area (Å²) in [4.78, 5) is 52.1. The number of unbranched alkanes of at least 4 members (excludes halogenated alkanes) is 6. The predicted octanol–water partition coefficient (Wildman–Crippen LogP) is 11.0. The molecule has 15 nitrogen and oxygen atoms in total. The lowest BCUT2D eigenvalue weighted by Gasteiger charge is -2.45. The topological polar surface area (TPSA) is 135 Å². The van der Waals surface area contributed by atoms with Gasteiger partial charge in [-0.1, -0.05) is 25.7 Å². The largest absolute Gasteiger partial charge is 0.379 e. The second-order valence-electron chi connectivity index (χ2n) is 27.9. The van der Waals surface area contributed by atoms with Crippen LogP contribution in [-0.2, 0) is 42.8 Å². The Labute approximate surface area is 480 Å². The summed E-state index contributed by atoms with van der Waals surface area (Å²) in [7, 11) is 0. The van der Waals surface area contributed by atoms with Crippen LogP contribution in [0.3, 0.4) is 0 Å². The van der Waals surface area contributed by atoms with E-state index in [-0.39, 0.29) is 63.4 Å². The Morgan fingerprint density at radius 2 is 0.654 bits per heavy atom. The van der Waals surface area contributed by atoms with Gasteiger partial charge in [0.15, 0.2) is 0 Å².